The Hall–Kier alpha value is -2.66. The number of nitrogens with one attached hydrogen (secondary N) is 1. The predicted octanol–water partition coefficient (Wildman–Crippen LogP) is 2.71. The van der Waals surface area contributed by atoms with E-state index in [2.05, 4.69) is 17.4 Å². The van der Waals surface area contributed by atoms with Crippen molar-refractivity contribution < 1.29 is 14.3 Å². The van der Waals surface area contributed by atoms with Gasteiger partial charge in [-0.3, -0.25) is 14.5 Å². The van der Waals surface area contributed by atoms with Crippen molar-refractivity contribution in [2.24, 2.45) is 0 Å². The van der Waals surface area contributed by atoms with Gasteiger partial charge in [-0.15, -0.1) is 0 Å². The van der Waals surface area contributed by atoms with Crippen molar-refractivity contribution in [3.05, 3.63) is 64.7 Å². The zero-order valence-corrected chi connectivity index (χ0v) is 15.5. The number of hydrogen-bond acceptors (Lipinski definition) is 4. The van der Waals surface area contributed by atoms with E-state index in [-0.39, 0.29) is 18.4 Å². The number of nitrogens with zero attached hydrogens (tertiary/aromatic N) is 1. The number of benzene rings is 2. The Kier molecular flexibility index (Phi) is 4.94. The SMILES string of the molecule is COC(=O)[C@H]1Cc2ccccc2CN1CC(=O)Nc1ccc2c(c1)CCC2. The maximum Gasteiger partial charge on any atom is 0.323 e. The average Bonchev–Trinajstić information content (AvgIpc) is 3.14. The highest BCUT2D eigenvalue weighted by atomic mass is 16.5. The molecule has 140 valence electrons. The van der Waals surface area contributed by atoms with Crippen LogP contribution in [0, 0.1) is 0 Å². The molecule has 1 amide bonds. The van der Waals surface area contributed by atoms with Crippen molar-refractivity contribution in [2.75, 3.05) is 19.0 Å². The number of methoxy groups -OCH3 is 1. The van der Waals surface area contributed by atoms with Gasteiger partial charge in [-0.05, 0) is 60.1 Å². The second kappa shape index (κ2) is 7.53. The molecule has 1 N–H and O–H groups in total. The first kappa shape index (κ1) is 17.7. The van der Waals surface area contributed by atoms with E-state index in [1.165, 1.54) is 24.7 Å². The fourth-order valence-corrected chi connectivity index (χ4v) is 4.15. The highest BCUT2D eigenvalue weighted by molar-refractivity contribution is 5.93. The average molecular weight is 364 g/mol. The zero-order chi connectivity index (χ0) is 18.8. The summed E-state index contributed by atoms with van der Waals surface area (Å²) in [5, 5.41) is 2.99. The van der Waals surface area contributed by atoms with Crippen LogP contribution in [0.15, 0.2) is 42.5 Å². The Morgan fingerprint density at radius 1 is 1.07 bits per heavy atom. The maximum atomic E-state index is 12.6. The molecule has 1 aliphatic heterocycles. The van der Waals surface area contributed by atoms with E-state index in [0.717, 1.165) is 29.7 Å². The molecule has 1 atom stereocenters. The molecule has 0 saturated heterocycles. The second-order valence-corrected chi connectivity index (χ2v) is 7.30. The molecule has 27 heavy (non-hydrogen) atoms. The van der Waals surface area contributed by atoms with Crippen molar-refractivity contribution in [1.29, 1.82) is 0 Å². The maximum absolute atomic E-state index is 12.6. The van der Waals surface area contributed by atoms with Crippen molar-refractivity contribution in [3.8, 4) is 0 Å². The number of ether oxygens (including phenoxy) is 1. The lowest BCUT2D eigenvalue weighted by atomic mass is 9.94. The minimum absolute atomic E-state index is 0.110. The summed E-state index contributed by atoms with van der Waals surface area (Å²) in [7, 11) is 1.39. The van der Waals surface area contributed by atoms with Crippen LogP contribution >= 0.6 is 0 Å². The summed E-state index contributed by atoms with van der Waals surface area (Å²) in [5.74, 6) is -0.406. The van der Waals surface area contributed by atoms with Gasteiger partial charge in [0.2, 0.25) is 5.91 Å². The monoisotopic (exact) mass is 364 g/mol. The number of carbonyl (C=O) groups is 2. The number of anilines is 1. The number of rotatable bonds is 4. The fraction of sp³-hybridized carbons (Fsp3) is 0.364. The summed E-state index contributed by atoms with van der Waals surface area (Å²) in [4.78, 5) is 26.8. The van der Waals surface area contributed by atoms with Crippen molar-refractivity contribution in [2.45, 2.75) is 38.3 Å². The van der Waals surface area contributed by atoms with Crippen LogP contribution in [-0.4, -0.2) is 36.5 Å². The normalized spacial score (nSPS) is 18.5. The van der Waals surface area contributed by atoms with Crippen molar-refractivity contribution in [1.82, 2.24) is 4.90 Å². The van der Waals surface area contributed by atoms with Crippen LogP contribution < -0.4 is 5.32 Å². The molecule has 4 rings (SSSR count). The Morgan fingerprint density at radius 3 is 2.67 bits per heavy atom. The molecule has 0 bridgehead atoms. The molecule has 2 aromatic rings. The smallest absolute Gasteiger partial charge is 0.323 e. The summed E-state index contributed by atoms with van der Waals surface area (Å²) in [6, 6.07) is 13.8. The zero-order valence-electron chi connectivity index (χ0n) is 15.5. The lowest BCUT2D eigenvalue weighted by Gasteiger charge is -2.34. The lowest BCUT2D eigenvalue weighted by molar-refractivity contribution is -0.148. The van der Waals surface area contributed by atoms with Gasteiger partial charge < -0.3 is 10.1 Å². The first-order valence-electron chi connectivity index (χ1n) is 9.44. The first-order valence-corrected chi connectivity index (χ1v) is 9.44. The van der Waals surface area contributed by atoms with E-state index in [0.29, 0.717) is 13.0 Å². The van der Waals surface area contributed by atoms with E-state index in [1.54, 1.807) is 0 Å². The van der Waals surface area contributed by atoms with Gasteiger partial charge in [-0.1, -0.05) is 30.3 Å². The molecular formula is C22H24N2O3. The van der Waals surface area contributed by atoms with Crippen LogP contribution in [0.3, 0.4) is 0 Å². The van der Waals surface area contributed by atoms with Crippen molar-refractivity contribution >= 4 is 17.6 Å². The third-order valence-corrected chi connectivity index (χ3v) is 5.55. The standard InChI is InChI=1S/C22H24N2O3/c1-27-22(26)20-12-17-5-2-3-6-18(17)13-24(20)14-21(25)23-19-10-9-15-7-4-8-16(15)11-19/h2-3,5-6,9-11,20H,4,7-8,12-14H2,1H3,(H,23,25)/t20-/m1/s1. The van der Waals surface area contributed by atoms with Crippen LogP contribution in [0.2, 0.25) is 0 Å². The van der Waals surface area contributed by atoms with Crippen LogP contribution in [-0.2, 0) is 40.1 Å². The molecule has 5 nitrogen and oxygen atoms in total. The Balaban J connectivity index is 1.47. The summed E-state index contributed by atoms with van der Waals surface area (Å²) in [6.45, 7) is 0.721. The molecular weight excluding hydrogens is 340 g/mol. The van der Waals surface area contributed by atoms with Crippen LogP contribution in [0.1, 0.15) is 28.7 Å². The van der Waals surface area contributed by atoms with Gasteiger partial charge in [0.1, 0.15) is 6.04 Å². The molecule has 2 aromatic carbocycles. The van der Waals surface area contributed by atoms with Gasteiger partial charge >= 0.3 is 5.97 Å². The number of amides is 1. The van der Waals surface area contributed by atoms with Gasteiger partial charge in [-0.2, -0.15) is 0 Å². The molecule has 2 aliphatic rings. The molecule has 1 heterocycles. The Morgan fingerprint density at radius 2 is 1.85 bits per heavy atom. The summed E-state index contributed by atoms with van der Waals surface area (Å²) in [5.41, 5.74) is 5.83. The first-order chi connectivity index (χ1) is 13.1. The van der Waals surface area contributed by atoms with E-state index >= 15 is 0 Å². The summed E-state index contributed by atoms with van der Waals surface area (Å²) < 4.78 is 4.97. The van der Waals surface area contributed by atoms with Gasteiger partial charge in [0.25, 0.3) is 0 Å². The quantitative estimate of drug-likeness (QED) is 0.848. The topological polar surface area (TPSA) is 58.6 Å². The van der Waals surface area contributed by atoms with E-state index < -0.39 is 6.04 Å². The molecule has 0 radical (unpaired) electrons. The minimum Gasteiger partial charge on any atom is -0.468 e. The fourth-order valence-electron chi connectivity index (χ4n) is 4.15. The third-order valence-electron chi connectivity index (χ3n) is 5.55. The van der Waals surface area contributed by atoms with E-state index in [4.69, 9.17) is 4.74 Å². The van der Waals surface area contributed by atoms with E-state index in [1.807, 2.05) is 35.2 Å². The largest absolute Gasteiger partial charge is 0.468 e. The van der Waals surface area contributed by atoms with Gasteiger partial charge in [0.05, 0.1) is 13.7 Å². The molecule has 0 spiro atoms. The van der Waals surface area contributed by atoms with Gasteiger partial charge in [-0.25, -0.2) is 0 Å². The number of esters is 1. The van der Waals surface area contributed by atoms with Gasteiger partial charge in [0.15, 0.2) is 0 Å². The molecule has 5 heteroatoms. The third kappa shape index (κ3) is 3.74. The molecule has 1 aliphatic carbocycles. The van der Waals surface area contributed by atoms with Crippen LogP contribution in [0.5, 0.6) is 0 Å². The molecule has 0 fully saturated rings. The number of hydrogen-bond donors (Lipinski definition) is 1. The summed E-state index contributed by atoms with van der Waals surface area (Å²) in [6.07, 6.45) is 3.94. The summed E-state index contributed by atoms with van der Waals surface area (Å²) >= 11 is 0. The van der Waals surface area contributed by atoms with Gasteiger partial charge in [0, 0.05) is 12.2 Å². The number of fused-ring (bicyclic) bond motifs is 2. The molecule has 0 aromatic heterocycles. The minimum atomic E-state index is -0.435. The second-order valence-electron chi connectivity index (χ2n) is 7.30. The Labute approximate surface area is 159 Å². The van der Waals surface area contributed by atoms with Crippen LogP contribution in [0.25, 0.3) is 0 Å². The number of carbonyl (C=O) groups excluding carboxylic acids is 2. The Bertz CT molecular complexity index is 878. The number of aryl methyl sites for hydroxylation is 2. The molecule has 0 saturated carbocycles. The lowest BCUT2D eigenvalue weighted by Crippen LogP contribution is -2.49. The highest BCUT2D eigenvalue weighted by Crippen LogP contribution is 2.26. The van der Waals surface area contributed by atoms with Crippen LogP contribution in [0.4, 0.5) is 5.69 Å². The molecule has 0 unspecified atom stereocenters. The van der Waals surface area contributed by atoms with Crippen molar-refractivity contribution in [3.63, 3.8) is 0 Å². The van der Waals surface area contributed by atoms with E-state index in [9.17, 15) is 9.59 Å². The predicted molar refractivity (Wildman–Crippen MR) is 103 cm³/mol. The highest BCUT2D eigenvalue weighted by Gasteiger charge is 2.33.